The molecule has 0 radical (unpaired) electrons. The van der Waals surface area contributed by atoms with E-state index in [1.54, 1.807) is 25.4 Å². The van der Waals surface area contributed by atoms with E-state index < -0.39 is 12.1 Å². The number of carboxylic acids is 1. The van der Waals surface area contributed by atoms with Gasteiger partial charge in [0.05, 0.1) is 12.8 Å². The van der Waals surface area contributed by atoms with Crippen LogP contribution in [0.4, 0.5) is 13.2 Å². The van der Waals surface area contributed by atoms with E-state index >= 15 is 0 Å². The molecule has 3 heterocycles. The summed E-state index contributed by atoms with van der Waals surface area (Å²) in [5.74, 6) is -2.20. The van der Waals surface area contributed by atoms with Gasteiger partial charge in [0.15, 0.2) is 0 Å². The SMILES string of the molecule is COc1ncnc2c1CCN(C(=O)c1ccccn1)CC2.O=C(O)C(F)(F)F. The molecular formula is C17H17F3N4O4. The summed E-state index contributed by atoms with van der Waals surface area (Å²) < 4.78 is 37.0. The van der Waals surface area contributed by atoms with Gasteiger partial charge in [-0.1, -0.05) is 6.07 Å². The molecule has 1 aliphatic rings. The van der Waals surface area contributed by atoms with Crippen molar-refractivity contribution in [3.05, 3.63) is 47.7 Å². The average Bonchev–Trinajstić information content (AvgIpc) is 2.90. The van der Waals surface area contributed by atoms with E-state index in [0.717, 1.165) is 11.3 Å². The topological polar surface area (TPSA) is 106 Å². The van der Waals surface area contributed by atoms with Gasteiger partial charge in [0.1, 0.15) is 12.0 Å². The Morgan fingerprint density at radius 1 is 1.14 bits per heavy atom. The van der Waals surface area contributed by atoms with Crippen molar-refractivity contribution in [2.24, 2.45) is 0 Å². The summed E-state index contributed by atoms with van der Waals surface area (Å²) in [5.41, 5.74) is 2.43. The lowest BCUT2D eigenvalue weighted by Crippen LogP contribution is -2.33. The van der Waals surface area contributed by atoms with Gasteiger partial charge >= 0.3 is 12.1 Å². The molecule has 1 amide bonds. The zero-order chi connectivity index (χ0) is 20.7. The third kappa shape index (κ3) is 5.38. The fourth-order valence-electron chi connectivity index (χ4n) is 2.53. The number of methoxy groups -OCH3 is 1. The van der Waals surface area contributed by atoms with Crippen molar-refractivity contribution in [3.8, 4) is 5.88 Å². The molecule has 3 rings (SSSR count). The Hall–Kier alpha value is -3.24. The van der Waals surface area contributed by atoms with E-state index in [-0.39, 0.29) is 5.91 Å². The summed E-state index contributed by atoms with van der Waals surface area (Å²) in [6, 6.07) is 5.36. The van der Waals surface area contributed by atoms with Crippen molar-refractivity contribution in [3.63, 3.8) is 0 Å². The molecule has 0 atom stereocenters. The first-order chi connectivity index (χ1) is 13.2. The van der Waals surface area contributed by atoms with Gasteiger partial charge in [-0.15, -0.1) is 0 Å². The Labute approximate surface area is 158 Å². The fraction of sp³-hybridized carbons (Fsp3) is 0.353. The first-order valence-corrected chi connectivity index (χ1v) is 8.11. The molecular weight excluding hydrogens is 381 g/mol. The van der Waals surface area contributed by atoms with E-state index in [1.165, 1.54) is 6.33 Å². The van der Waals surface area contributed by atoms with Gasteiger partial charge in [-0.25, -0.2) is 14.8 Å². The lowest BCUT2D eigenvalue weighted by atomic mass is 10.1. The Balaban J connectivity index is 0.000000345. The molecule has 11 heteroatoms. The zero-order valence-corrected chi connectivity index (χ0v) is 14.8. The van der Waals surface area contributed by atoms with E-state index in [1.807, 2.05) is 11.0 Å². The number of halogens is 3. The number of ether oxygens (including phenoxy) is 1. The maximum Gasteiger partial charge on any atom is 0.490 e. The van der Waals surface area contributed by atoms with Gasteiger partial charge in [-0.05, 0) is 18.6 Å². The minimum absolute atomic E-state index is 0.0460. The number of alkyl halides is 3. The van der Waals surface area contributed by atoms with E-state index in [2.05, 4.69) is 15.0 Å². The normalized spacial score (nSPS) is 13.5. The highest BCUT2D eigenvalue weighted by atomic mass is 19.4. The van der Waals surface area contributed by atoms with Gasteiger partial charge < -0.3 is 14.7 Å². The fourth-order valence-corrected chi connectivity index (χ4v) is 2.53. The highest BCUT2D eigenvalue weighted by Crippen LogP contribution is 2.22. The molecule has 0 fully saturated rings. The minimum Gasteiger partial charge on any atom is -0.481 e. The predicted octanol–water partition coefficient (Wildman–Crippen LogP) is 1.75. The van der Waals surface area contributed by atoms with Crippen LogP contribution in [0.3, 0.4) is 0 Å². The molecule has 1 aliphatic heterocycles. The number of aliphatic carboxylic acids is 1. The largest absolute Gasteiger partial charge is 0.490 e. The highest BCUT2D eigenvalue weighted by molar-refractivity contribution is 5.92. The monoisotopic (exact) mass is 398 g/mol. The number of hydrogen-bond donors (Lipinski definition) is 1. The molecule has 150 valence electrons. The third-order valence-corrected chi connectivity index (χ3v) is 3.85. The number of fused-ring (bicyclic) bond motifs is 1. The van der Waals surface area contributed by atoms with Gasteiger partial charge in [0.2, 0.25) is 5.88 Å². The van der Waals surface area contributed by atoms with Crippen LogP contribution in [0.1, 0.15) is 21.7 Å². The zero-order valence-electron chi connectivity index (χ0n) is 14.8. The van der Waals surface area contributed by atoms with Crippen LogP contribution >= 0.6 is 0 Å². The van der Waals surface area contributed by atoms with Crippen molar-refractivity contribution < 1.29 is 32.6 Å². The quantitative estimate of drug-likeness (QED) is 0.822. The molecule has 0 saturated carbocycles. The molecule has 28 heavy (non-hydrogen) atoms. The van der Waals surface area contributed by atoms with Gasteiger partial charge in [-0.3, -0.25) is 9.78 Å². The molecule has 0 saturated heterocycles. The first-order valence-electron chi connectivity index (χ1n) is 8.11. The van der Waals surface area contributed by atoms with Gasteiger partial charge in [-0.2, -0.15) is 13.2 Å². The standard InChI is InChI=1S/C15H16N4O2.C2HF3O2/c1-21-14-11-5-8-19(9-6-12(11)17-10-18-14)15(20)13-4-2-3-7-16-13;3-2(4,5)1(6)7/h2-4,7,10H,5-6,8-9H2,1H3;(H,6,7). The maximum atomic E-state index is 12.5. The number of nitrogens with zero attached hydrogens (tertiary/aromatic N) is 4. The summed E-state index contributed by atoms with van der Waals surface area (Å²) in [6.45, 7) is 1.24. The summed E-state index contributed by atoms with van der Waals surface area (Å²) >= 11 is 0. The number of pyridine rings is 1. The summed E-state index contributed by atoms with van der Waals surface area (Å²) in [5, 5.41) is 7.12. The van der Waals surface area contributed by atoms with Crippen molar-refractivity contribution in [2.75, 3.05) is 20.2 Å². The average molecular weight is 398 g/mol. The second-order valence-corrected chi connectivity index (χ2v) is 5.62. The molecule has 0 aliphatic carbocycles. The van der Waals surface area contributed by atoms with Crippen molar-refractivity contribution in [1.82, 2.24) is 19.9 Å². The van der Waals surface area contributed by atoms with E-state index in [0.29, 0.717) is 37.5 Å². The van der Waals surface area contributed by atoms with Crippen LogP contribution in [0.5, 0.6) is 5.88 Å². The molecule has 0 aromatic carbocycles. The van der Waals surface area contributed by atoms with Gasteiger partial charge in [0, 0.05) is 31.3 Å². The van der Waals surface area contributed by atoms with Crippen LogP contribution in [0, 0.1) is 0 Å². The number of carboxylic acid groups (broad SMARTS) is 1. The lowest BCUT2D eigenvalue weighted by Gasteiger charge is -2.19. The Bertz CT molecular complexity index is 831. The van der Waals surface area contributed by atoms with Crippen LogP contribution in [-0.4, -0.2) is 63.2 Å². The number of carbonyl (C=O) groups is 2. The Morgan fingerprint density at radius 3 is 2.39 bits per heavy atom. The van der Waals surface area contributed by atoms with Crippen molar-refractivity contribution in [2.45, 2.75) is 19.0 Å². The van der Waals surface area contributed by atoms with Crippen molar-refractivity contribution >= 4 is 11.9 Å². The summed E-state index contributed by atoms with van der Waals surface area (Å²) in [7, 11) is 1.60. The van der Waals surface area contributed by atoms with Crippen LogP contribution < -0.4 is 4.74 Å². The molecule has 2 aromatic heterocycles. The number of hydrogen-bond acceptors (Lipinski definition) is 6. The Kier molecular flexibility index (Phi) is 6.85. The second kappa shape index (κ2) is 9.11. The first kappa shape index (κ1) is 21.1. The number of amides is 1. The smallest absolute Gasteiger partial charge is 0.481 e. The Morgan fingerprint density at radius 2 is 1.82 bits per heavy atom. The molecule has 0 spiro atoms. The molecule has 0 unspecified atom stereocenters. The molecule has 0 bridgehead atoms. The molecule has 8 nitrogen and oxygen atoms in total. The minimum atomic E-state index is -5.08. The van der Waals surface area contributed by atoms with E-state index in [4.69, 9.17) is 14.6 Å². The lowest BCUT2D eigenvalue weighted by molar-refractivity contribution is -0.192. The summed E-state index contributed by atoms with van der Waals surface area (Å²) in [4.78, 5) is 35.7. The van der Waals surface area contributed by atoms with Crippen molar-refractivity contribution in [1.29, 1.82) is 0 Å². The van der Waals surface area contributed by atoms with Crippen LogP contribution in [0.25, 0.3) is 0 Å². The summed E-state index contributed by atoms with van der Waals surface area (Å²) in [6.07, 6.45) is -0.549. The molecule has 2 aromatic rings. The highest BCUT2D eigenvalue weighted by Gasteiger charge is 2.38. The predicted molar refractivity (Wildman–Crippen MR) is 89.8 cm³/mol. The molecule has 1 N–H and O–H groups in total. The number of aromatic nitrogens is 3. The number of rotatable bonds is 2. The van der Waals surface area contributed by atoms with Gasteiger partial charge in [0.25, 0.3) is 5.91 Å². The van der Waals surface area contributed by atoms with Crippen LogP contribution in [0.15, 0.2) is 30.7 Å². The number of carbonyl (C=O) groups excluding carboxylic acids is 1. The second-order valence-electron chi connectivity index (χ2n) is 5.62. The van der Waals surface area contributed by atoms with E-state index in [9.17, 15) is 18.0 Å². The van der Waals surface area contributed by atoms with Crippen LogP contribution in [0.2, 0.25) is 0 Å². The van der Waals surface area contributed by atoms with Crippen LogP contribution in [-0.2, 0) is 17.6 Å². The maximum absolute atomic E-state index is 12.5. The third-order valence-electron chi connectivity index (χ3n) is 3.85.